The molecule has 0 radical (unpaired) electrons. The van der Waals surface area contributed by atoms with E-state index in [1.54, 1.807) is 18.0 Å². The molecule has 6 nitrogen and oxygen atoms in total. The number of hydrogen-bond acceptors (Lipinski definition) is 5. The summed E-state index contributed by atoms with van der Waals surface area (Å²) in [7, 11) is 2.99. The molecule has 0 spiro atoms. The molecule has 4 rings (SSSR count). The molecule has 2 aliphatic rings. The van der Waals surface area contributed by atoms with Gasteiger partial charge in [0.1, 0.15) is 17.7 Å². The highest BCUT2D eigenvalue weighted by Crippen LogP contribution is 2.53. The summed E-state index contributed by atoms with van der Waals surface area (Å²) in [6, 6.07) is 6.19. The van der Waals surface area contributed by atoms with Crippen LogP contribution in [0.2, 0.25) is 10.0 Å². The van der Waals surface area contributed by atoms with Crippen LogP contribution in [0.15, 0.2) is 36.4 Å². The van der Waals surface area contributed by atoms with Crippen molar-refractivity contribution in [2.24, 2.45) is 17.1 Å². The van der Waals surface area contributed by atoms with E-state index in [9.17, 15) is 9.59 Å². The number of halogens is 4. The van der Waals surface area contributed by atoms with Gasteiger partial charge in [0, 0.05) is 22.5 Å². The van der Waals surface area contributed by atoms with Gasteiger partial charge in [0.05, 0.1) is 23.7 Å². The van der Waals surface area contributed by atoms with Crippen molar-refractivity contribution in [1.29, 1.82) is 0 Å². The SMILES string of the molecule is COC(=O)[C@H](NC(=O)[C@H]1[C@H](c2cccc(Cl)c2F)[C@@](N)(c2ccc(Cl)cc2F)[C@H](CC(C)(C)C)N1C)C1CC1. The molecule has 5 atom stereocenters. The molecular formula is C29H35Cl2F2N3O3. The molecule has 1 aliphatic carbocycles. The molecule has 10 heteroatoms. The lowest BCUT2D eigenvalue weighted by Gasteiger charge is -2.41. The van der Waals surface area contributed by atoms with Crippen LogP contribution in [0.4, 0.5) is 8.78 Å². The summed E-state index contributed by atoms with van der Waals surface area (Å²) in [6.45, 7) is 6.05. The molecule has 39 heavy (non-hydrogen) atoms. The predicted molar refractivity (Wildman–Crippen MR) is 148 cm³/mol. The van der Waals surface area contributed by atoms with E-state index in [1.165, 1.54) is 37.4 Å². The van der Waals surface area contributed by atoms with Crippen molar-refractivity contribution < 1.29 is 23.1 Å². The molecule has 1 heterocycles. The maximum Gasteiger partial charge on any atom is 0.328 e. The molecule has 1 aliphatic heterocycles. The summed E-state index contributed by atoms with van der Waals surface area (Å²) in [4.78, 5) is 28.4. The second-order valence-corrected chi connectivity index (χ2v) is 12.8. The Hall–Kier alpha value is -2.26. The number of nitrogens with zero attached hydrogens (tertiary/aromatic N) is 1. The molecule has 0 aromatic heterocycles. The van der Waals surface area contributed by atoms with Crippen LogP contribution in [0.25, 0.3) is 0 Å². The average Bonchev–Trinajstić information content (AvgIpc) is 3.67. The molecule has 2 aromatic carbocycles. The molecule has 1 saturated heterocycles. The summed E-state index contributed by atoms with van der Waals surface area (Å²) in [5.41, 5.74) is 5.60. The Balaban J connectivity index is 1.94. The Labute approximate surface area is 238 Å². The maximum absolute atomic E-state index is 15.8. The van der Waals surface area contributed by atoms with E-state index in [2.05, 4.69) is 5.32 Å². The molecular weight excluding hydrogens is 547 g/mol. The number of likely N-dealkylation sites (N-methyl/N-ethyl adjacent to an activating group) is 1. The Morgan fingerprint density at radius 2 is 1.87 bits per heavy atom. The standard InChI is InChI=1S/C29H35Cl2F2N3O3/c1-28(2,3)14-21-29(34,18-12-11-16(30)13-20(18)32)22(17-7-6-8-19(31)23(17)33)25(36(21)4)26(37)35-24(15-9-10-15)27(38)39-5/h6-8,11-13,15,21-22,24-25H,9-10,14,34H2,1-5H3,(H,35,37)/t21-,22-,24+,25+,29+/m0/s1. The van der Waals surface area contributed by atoms with E-state index in [0.717, 1.165) is 12.8 Å². The summed E-state index contributed by atoms with van der Waals surface area (Å²) in [5.74, 6) is -3.58. The highest BCUT2D eigenvalue weighted by molar-refractivity contribution is 6.31. The number of nitrogens with one attached hydrogen (secondary N) is 1. The zero-order chi connectivity index (χ0) is 28.9. The lowest BCUT2D eigenvalue weighted by molar-refractivity contribution is -0.146. The minimum Gasteiger partial charge on any atom is -0.467 e. The van der Waals surface area contributed by atoms with Gasteiger partial charge in [-0.25, -0.2) is 13.6 Å². The van der Waals surface area contributed by atoms with Gasteiger partial charge < -0.3 is 15.8 Å². The van der Waals surface area contributed by atoms with Crippen molar-refractivity contribution in [2.45, 2.75) is 69.6 Å². The van der Waals surface area contributed by atoms with Gasteiger partial charge in [-0.3, -0.25) is 9.69 Å². The largest absolute Gasteiger partial charge is 0.467 e. The number of amides is 1. The molecule has 2 fully saturated rings. The normalized spacial score (nSPS) is 26.4. The second-order valence-electron chi connectivity index (χ2n) is 11.9. The van der Waals surface area contributed by atoms with Crippen molar-refractivity contribution in [3.05, 3.63) is 69.2 Å². The highest BCUT2D eigenvalue weighted by atomic mass is 35.5. The first kappa shape index (κ1) is 29.7. The van der Waals surface area contributed by atoms with E-state index >= 15 is 8.78 Å². The van der Waals surface area contributed by atoms with E-state index in [4.69, 9.17) is 33.7 Å². The number of carbonyl (C=O) groups excluding carboxylic acids is 2. The van der Waals surface area contributed by atoms with Crippen LogP contribution in [0.1, 0.15) is 57.1 Å². The number of carbonyl (C=O) groups is 2. The lowest BCUT2D eigenvalue weighted by atomic mass is 9.68. The highest BCUT2D eigenvalue weighted by Gasteiger charge is 2.61. The first-order chi connectivity index (χ1) is 18.2. The van der Waals surface area contributed by atoms with Gasteiger partial charge in [-0.05, 0) is 61.4 Å². The van der Waals surface area contributed by atoms with Gasteiger partial charge >= 0.3 is 5.97 Å². The number of likely N-dealkylation sites (tertiary alicyclic amines) is 1. The van der Waals surface area contributed by atoms with E-state index < -0.39 is 53.1 Å². The van der Waals surface area contributed by atoms with E-state index in [0.29, 0.717) is 6.42 Å². The fourth-order valence-corrected chi connectivity index (χ4v) is 6.34. The quantitative estimate of drug-likeness (QED) is 0.428. The third kappa shape index (κ3) is 5.67. The van der Waals surface area contributed by atoms with Crippen molar-refractivity contribution in [3.63, 3.8) is 0 Å². The summed E-state index contributed by atoms with van der Waals surface area (Å²) in [6.07, 6.45) is 2.00. The number of ether oxygens (including phenoxy) is 1. The number of hydrogen-bond donors (Lipinski definition) is 2. The number of rotatable bonds is 7. The van der Waals surface area contributed by atoms with Gasteiger partial charge in [0.25, 0.3) is 0 Å². The molecule has 2 aromatic rings. The minimum atomic E-state index is -1.58. The Kier molecular flexibility index (Phi) is 8.35. The maximum atomic E-state index is 15.8. The van der Waals surface area contributed by atoms with Crippen molar-refractivity contribution in [2.75, 3.05) is 14.2 Å². The summed E-state index contributed by atoms with van der Waals surface area (Å²) >= 11 is 12.3. The lowest BCUT2D eigenvalue weighted by Crippen LogP contribution is -2.52. The van der Waals surface area contributed by atoms with Gasteiger partial charge in [-0.2, -0.15) is 0 Å². The first-order valence-corrected chi connectivity index (χ1v) is 13.7. The number of benzene rings is 2. The average molecular weight is 583 g/mol. The molecule has 212 valence electrons. The molecule has 3 N–H and O–H groups in total. The fraction of sp³-hybridized carbons (Fsp3) is 0.517. The zero-order valence-corrected chi connectivity index (χ0v) is 24.2. The number of nitrogens with two attached hydrogens (primary N) is 1. The summed E-state index contributed by atoms with van der Waals surface area (Å²) in [5, 5.41) is 2.89. The van der Waals surface area contributed by atoms with E-state index in [-0.39, 0.29) is 32.5 Å². The smallest absolute Gasteiger partial charge is 0.328 e. The number of methoxy groups -OCH3 is 1. The first-order valence-electron chi connectivity index (χ1n) is 13.0. The van der Waals surface area contributed by atoms with Crippen LogP contribution in [-0.2, 0) is 19.9 Å². The van der Waals surface area contributed by atoms with Crippen LogP contribution < -0.4 is 11.1 Å². The Bertz CT molecular complexity index is 1270. The van der Waals surface area contributed by atoms with Crippen molar-refractivity contribution in [1.82, 2.24) is 10.2 Å². The van der Waals surface area contributed by atoms with Crippen LogP contribution in [0, 0.1) is 23.0 Å². The van der Waals surface area contributed by atoms with Gasteiger partial charge in [-0.1, -0.05) is 62.2 Å². The molecule has 1 saturated carbocycles. The van der Waals surface area contributed by atoms with Crippen molar-refractivity contribution >= 4 is 35.1 Å². The van der Waals surface area contributed by atoms with E-state index in [1.807, 2.05) is 20.8 Å². The van der Waals surface area contributed by atoms with Crippen LogP contribution in [0.5, 0.6) is 0 Å². The molecule has 0 bridgehead atoms. The Morgan fingerprint density at radius 3 is 2.44 bits per heavy atom. The molecule has 1 amide bonds. The Morgan fingerprint density at radius 1 is 1.21 bits per heavy atom. The van der Waals surface area contributed by atoms with Crippen LogP contribution in [0.3, 0.4) is 0 Å². The second kappa shape index (κ2) is 11.0. The number of esters is 1. The van der Waals surface area contributed by atoms with Gasteiger partial charge in [-0.15, -0.1) is 0 Å². The predicted octanol–water partition coefficient (Wildman–Crippen LogP) is 5.40. The monoisotopic (exact) mass is 581 g/mol. The van der Waals surface area contributed by atoms with Crippen molar-refractivity contribution in [3.8, 4) is 0 Å². The third-order valence-electron chi connectivity index (χ3n) is 7.95. The van der Waals surface area contributed by atoms with Gasteiger partial charge in [0.2, 0.25) is 5.91 Å². The third-order valence-corrected chi connectivity index (χ3v) is 8.47. The fourth-order valence-electron chi connectivity index (χ4n) is 6.00. The zero-order valence-electron chi connectivity index (χ0n) is 22.7. The topological polar surface area (TPSA) is 84.7 Å². The minimum absolute atomic E-state index is 0.0452. The van der Waals surface area contributed by atoms with Gasteiger partial charge in [0.15, 0.2) is 0 Å². The van der Waals surface area contributed by atoms with Crippen LogP contribution in [-0.4, -0.2) is 49.1 Å². The van der Waals surface area contributed by atoms with Crippen LogP contribution >= 0.6 is 23.2 Å². The summed E-state index contributed by atoms with van der Waals surface area (Å²) < 4.78 is 36.4. The molecule has 0 unspecified atom stereocenters.